The van der Waals surface area contributed by atoms with Gasteiger partial charge in [-0.15, -0.1) is 0 Å². The van der Waals surface area contributed by atoms with E-state index in [1.54, 1.807) is 0 Å². The van der Waals surface area contributed by atoms with Crippen LogP contribution in [-0.4, -0.2) is 24.0 Å². The molecule has 2 aliphatic rings. The number of nitrogens with one attached hydrogen (secondary N) is 1. The van der Waals surface area contributed by atoms with Gasteiger partial charge < -0.3 is 9.73 Å². The van der Waals surface area contributed by atoms with Crippen LogP contribution in [0.25, 0.3) is 0 Å². The van der Waals surface area contributed by atoms with Crippen molar-refractivity contribution in [2.45, 2.75) is 58.7 Å². The summed E-state index contributed by atoms with van der Waals surface area (Å²) in [6.45, 7) is 9.09. The zero-order chi connectivity index (χ0) is 13.9. The van der Waals surface area contributed by atoms with Crippen LogP contribution >= 0.6 is 0 Å². The number of likely N-dealkylation sites (tertiary alicyclic amines) is 1. The van der Waals surface area contributed by atoms with Crippen molar-refractivity contribution in [3.05, 3.63) is 23.7 Å². The Morgan fingerprint density at radius 1 is 1.25 bits per heavy atom. The maximum Gasteiger partial charge on any atom is 0.118 e. The van der Waals surface area contributed by atoms with E-state index >= 15 is 0 Å². The molecule has 0 spiro atoms. The van der Waals surface area contributed by atoms with Crippen LogP contribution in [0.2, 0.25) is 0 Å². The number of hydrogen-bond donors (Lipinski definition) is 1. The molecule has 3 nitrogen and oxygen atoms in total. The fourth-order valence-corrected chi connectivity index (χ4v) is 3.15. The molecule has 0 aromatic carbocycles. The standard InChI is InChI=1S/C17H28N2O/c1-13(2)15-5-7-19(8-6-15)11-17-9-14(12-20-17)10-18-16-3-4-16/h9,12-13,15-16,18H,3-8,10-11H2,1-2H3. The normalized spacial score (nSPS) is 21.8. The summed E-state index contributed by atoms with van der Waals surface area (Å²) in [5, 5.41) is 3.53. The molecule has 1 aromatic rings. The Kier molecular flexibility index (Phi) is 4.47. The first-order valence-electron chi connectivity index (χ1n) is 8.22. The van der Waals surface area contributed by atoms with Crippen molar-refractivity contribution >= 4 is 0 Å². The molecule has 1 aromatic heterocycles. The molecular formula is C17H28N2O. The first-order valence-corrected chi connectivity index (χ1v) is 8.22. The molecule has 112 valence electrons. The smallest absolute Gasteiger partial charge is 0.118 e. The molecule has 20 heavy (non-hydrogen) atoms. The largest absolute Gasteiger partial charge is 0.468 e. The van der Waals surface area contributed by atoms with Gasteiger partial charge in [-0.05, 0) is 56.7 Å². The third kappa shape index (κ3) is 3.86. The van der Waals surface area contributed by atoms with E-state index in [0.29, 0.717) is 0 Å². The lowest BCUT2D eigenvalue weighted by molar-refractivity contribution is 0.144. The molecule has 1 aliphatic heterocycles. The highest BCUT2D eigenvalue weighted by atomic mass is 16.3. The Morgan fingerprint density at radius 2 is 2.00 bits per heavy atom. The molecule has 2 fully saturated rings. The van der Waals surface area contributed by atoms with Gasteiger partial charge in [0.05, 0.1) is 12.8 Å². The van der Waals surface area contributed by atoms with E-state index < -0.39 is 0 Å². The maximum absolute atomic E-state index is 5.71. The Morgan fingerprint density at radius 3 is 2.65 bits per heavy atom. The number of rotatable bonds is 6. The maximum atomic E-state index is 5.71. The van der Waals surface area contributed by atoms with Gasteiger partial charge in [0.15, 0.2) is 0 Å². The summed E-state index contributed by atoms with van der Waals surface area (Å²) >= 11 is 0. The minimum atomic E-state index is 0.767. The molecule has 3 heteroatoms. The van der Waals surface area contributed by atoms with Crippen molar-refractivity contribution in [1.29, 1.82) is 0 Å². The van der Waals surface area contributed by atoms with Gasteiger partial charge in [-0.3, -0.25) is 4.90 Å². The lowest BCUT2D eigenvalue weighted by atomic mass is 9.87. The van der Waals surface area contributed by atoms with Crippen LogP contribution in [0.3, 0.4) is 0 Å². The van der Waals surface area contributed by atoms with Crippen LogP contribution in [0.4, 0.5) is 0 Å². The van der Waals surface area contributed by atoms with E-state index in [2.05, 4.69) is 30.1 Å². The summed E-state index contributed by atoms with van der Waals surface area (Å²) in [5.74, 6) is 2.88. The van der Waals surface area contributed by atoms with Crippen LogP contribution in [-0.2, 0) is 13.1 Å². The molecule has 0 bridgehead atoms. The lowest BCUT2D eigenvalue weighted by Gasteiger charge is -2.33. The van der Waals surface area contributed by atoms with E-state index in [9.17, 15) is 0 Å². The molecular weight excluding hydrogens is 248 g/mol. The Balaban J connectivity index is 1.43. The van der Waals surface area contributed by atoms with E-state index in [1.807, 2.05) is 6.26 Å². The number of piperidine rings is 1. The quantitative estimate of drug-likeness (QED) is 0.863. The van der Waals surface area contributed by atoms with Crippen LogP contribution in [0.15, 0.2) is 16.7 Å². The highest BCUT2D eigenvalue weighted by Gasteiger charge is 2.22. The summed E-state index contributed by atoms with van der Waals surface area (Å²) in [7, 11) is 0. The second-order valence-electron chi connectivity index (χ2n) is 6.93. The molecule has 1 saturated carbocycles. The molecule has 0 radical (unpaired) electrons. The van der Waals surface area contributed by atoms with E-state index in [0.717, 1.165) is 36.7 Å². The highest BCUT2D eigenvalue weighted by molar-refractivity contribution is 5.13. The molecule has 0 amide bonds. The van der Waals surface area contributed by atoms with Gasteiger partial charge in [-0.2, -0.15) is 0 Å². The Hall–Kier alpha value is -0.800. The van der Waals surface area contributed by atoms with Gasteiger partial charge in [0.1, 0.15) is 5.76 Å². The zero-order valence-electron chi connectivity index (χ0n) is 12.9. The number of nitrogens with zero attached hydrogens (tertiary/aromatic N) is 1. The Bertz CT molecular complexity index is 414. The zero-order valence-corrected chi connectivity index (χ0v) is 12.9. The van der Waals surface area contributed by atoms with Gasteiger partial charge in [-0.25, -0.2) is 0 Å². The first kappa shape index (κ1) is 14.2. The van der Waals surface area contributed by atoms with Crippen LogP contribution in [0.1, 0.15) is 50.9 Å². The van der Waals surface area contributed by atoms with Crippen LogP contribution in [0.5, 0.6) is 0 Å². The molecule has 1 saturated heterocycles. The monoisotopic (exact) mass is 276 g/mol. The first-order chi connectivity index (χ1) is 9.70. The molecule has 0 unspecified atom stereocenters. The minimum Gasteiger partial charge on any atom is -0.468 e. The topological polar surface area (TPSA) is 28.4 Å². The summed E-state index contributed by atoms with van der Waals surface area (Å²) in [5.41, 5.74) is 1.30. The van der Waals surface area contributed by atoms with Crippen molar-refractivity contribution in [2.75, 3.05) is 13.1 Å². The van der Waals surface area contributed by atoms with E-state index in [4.69, 9.17) is 4.42 Å². The summed E-state index contributed by atoms with van der Waals surface area (Å²) in [4.78, 5) is 2.54. The fourth-order valence-electron chi connectivity index (χ4n) is 3.15. The predicted octanol–water partition coefficient (Wildman–Crippen LogP) is 3.40. The SMILES string of the molecule is CC(C)C1CCN(Cc2cc(CNC3CC3)co2)CC1. The Labute approximate surface area is 122 Å². The van der Waals surface area contributed by atoms with Crippen molar-refractivity contribution in [3.63, 3.8) is 0 Å². The average Bonchev–Trinajstić information content (AvgIpc) is 3.17. The van der Waals surface area contributed by atoms with Gasteiger partial charge in [0.25, 0.3) is 0 Å². The second kappa shape index (κ2) is 6.31. The van der Waals surface area contributed by atoms with Gasteiger partial charge in [-0.1, -0.05) is 13.8 Å². The van der Waals surface area contributed by atoms with E-state index in [1.165, 1.54) is 44.3 Å². The average molecular weight is 276 g/mol. The lowest BCUT2D eigenvalue weighted by Crippen LogP contribution is -2.34. The fraction of sp³-hybridized carbons (Fsp3) is 0.765. The van der Waals surface area contributed by atoms with Crippen molar-refractivity contribution in [1.82, 2.24) is 10.2 Å². The van der Waals surface area contributed by atoms with E-state index in [-0.39, 0.29) is 0 Å². The molecule has 2 heterocycles. The van der Waals surface area contributed by atoms with Crippen molar-refractivity contribution in [2.24, 2.45) is 11.8 Å². The predicted molar refractivity (Wildman–Crippen MR) is 81.4 cm³/mol. The third-order valence-corrected chi connectivity index (χ3v) is 4.83. The minimum absolute atomic E-state index is 0.767. The van der Waals surface area contributed by atoms with Gasteiger partial charge in [0, 0.05) is 18.2 Å². The van der Waals surface area contributed by atoms with Crippen molar-refractivity contribution < 1.29 is 4.42 Å². The second-order valence-corrected chi connectivity index (χ2v) is 6.93. The van der Waals surface area contributed by atoms with Crippen LogP contribution in [0, 0.1) is 11.8 Å². The van der Waals surface area contributed by atoms with Gasteiger partial charge >= 0.3 is 0 Å². The molecule has 1 N–H and O–H groups in total. The van der Waals surface area contributed by atoms with Crippen molar-refractivity contribution in [3.8, 4) is 0 Å². The van der Waals surface area contributed by atoms with Gasteiger partial charge in [0.2, 0.25) is 0 Å². The summed E-state index contributed by atoms with van der Waals surface area (Å²) < 4.78 is 5.71. The molecule has 3 rings (SSSR count). The summed E-state index contributed by atoms with van der Waals surface area (Å²) in [6.07, 6.45) is 7.29. The number of hydrogen-bond acceptors (Lipinski definition) is 3. The third-order valence-electron chi connectivity index (χ3n) is 4.83. The number of furan rings is 1. The molecule has 1 aliphatic carbocycles. The summed E-state index contributed by atoms with van der Waals surface area (Å²) in [6, 6.07) is 2.99. The highest BCUT2D eigenvalue weighted by Crippen LogP contribution is 2.25. The molecule has 0 atom stereocenters. The van der Waals surface area contributed by atoms with Crippen LogP contribution < -0.4 is 5.32 Å².